The fourth-order valence-electron chi connectivity index (χ4n) is 2.89. The summed E-state index contributed by atoms with van der Waals surface area (Å²) in [4.78, 5) is 16.3. The Labute approximate surface area is 141 Å². The van der Waals surface area contributed by atoms with E-state index >= 15 is 0 Å². The van der Waals surface area contributed by atoms with Crippen LogP contribution in [0.1, 0.15) is 26.1 Å². The molecule has 8 nitrogen and oxygen atoms in total. The quantitative estimate of drug-likeness (QED) is 0.777. The van der Waals surface area contributed by atoms with E-state index in [1.165, 1.54) is 0 Å². The van der Waals surface area contributed by atoms with Gasteiger partial charge in [-0.3, -0.25) is 4.79 Å². The van der Waals surface area contributed by atoms with Crippen LogP contribution in [0.15, 0.2) is 12.1 Å². The maximum absolute atomic E-state index is 12.3. The monoisotopic (exact) mass is 332 g/mol. The summed E-state index contributed by atoms with van der Waals surface area (Å²) in [6.07, 6.45) is 0.948. The first-order valence-corrected chi connectivity index (χ1v) is 8.54. The lowest BCUT2D eigenvalue weighted by Gasteiger charge is -2.26. The van der Waals surface area contributed by atoms with Gasteiger partial charge in [0.2, 0.25) is 5.91 Å². The molecule has 0 bridgehead atoms. The second-order valence-corrected chi connectivity index (χ2v) is 5.74. The summed E-state index contributed by atoms with van der Waals surface area (Å²) in [5.41, 5.74) is 0.708. The fraction of sp³-hybridized carbons (Fsp3) is 0.625. The molecule has 3 heterocycles. The molecular weight excluding hydrogens is 308 g/mol. The summed E-state index contributed by atoms with van der Waals surface area (Å²) in [6.45, 7) is 8.56. The predicted octanol–water partition coefficient (Wildman–Crippen LogP) is 0.762. The molecule has 0 saturated carbocycles. The minimum absolute atomic E-state index is 0.134. The number of carbonyl (C=O) groups excluding carboxylic acids is 1. The zero-order valence-electron chi connectivity index (χ0n) is 14.3. The Hall–Kier alpha value is -2.22. The first kappa shape index (κ1) is 16.6. The highest BCUT2D eigenvalue weighted by Gasteiger charge is 2.18. The van der Waals surface area contributed by atoms with Crippen molar-refractivity contribution >= 4 is 17.4 Å². The SMILES string of the molecule is CCN(CC)c1ccc2nnc(CCC(=O)N3CCOCC3)n2n1. The molecule has 0 aromatic carbocycles. The van der Waals surface area contributed by atoms with Gasteiger partial charge < -0.3 is 14.5 Å². The van der Waals surface area contributed by atoms with Crippen LogP contribution in [0.3, 0.4) is 0 Å². The smallest absolute Gasteiger partial charge is 0.223 e. The first-order chi connectivity index (χ1) is 11.7. The van der Waals surface area contributed by atoms with Gasteiger partial charge in [0.1, 0.15) is 5.82 Å². The number of hydrogen-bond acceptors (Lipinski definition) is 6. The average Bonchev–Trinajstić information content (AvgIpc) is 3.04. The maximum Gasteiger partial charge on any atom is 0.223 e. The van der Waals surface area contributed by atoms with Crippen molar-refractivity contribution in [3.63, 3.8) is 0 Å². The number of rotatable bonds is 6. The molecule has 3 rings (SSSR count). The number of hydrogen-bond donors (Lipinski definition) is 0. The number of aromatic nitrogens is 4. The Kier molecular flexibility index (Phi) is 5.24. The number of fused-ring (bicyclic) bond motifs is 1. The number of morpholine rings is 1. The molecule has 2 aromatic rings. The van der Waals surface area contributed by atoms with E-state index in [1.54, 1.807) is 4.52 Å². The van der Waals surface area contributed by atoms with Crippen LogP contribution >= 0.6 is 0 Å². The van der Waals surface area contributed by atoms with Gasteiger partial charge in [-0.05, 0) is 26.0 Å². The van der Waals surface area contributed by atoms with E-state index in [-0.39, 0.29) is 5.91 Å². The summed E-state index contributed by atoms with van der Waals surface area (Å²) in [6, 6.07) is 3.88. The van der Waals surface area contributed by atoms with Crippen molar-refractivity contribution in [1.82, 2.24) is 24.7 Å². The highest BCUT2D eigenvalue weighted by atomic mass is 16.5. The molecule has 0 N–H and O–H groups in total. The maximum atomic E-state index is 12.3. The van der Waals surface area contributed by atoms with E-state index < -0.39 is 0 Å². The van der Waals surface area contributed by atoms with Crippen LogP contribution in [0, 0.1) is 0 Å². The lowest BCUT2D eigenvalue weighted by atomic mass is 10.2. The van der Waals surface area contributed by atoms with Crippen molar-refractivity contribution in [2.45, 2.75) is 26.7 Å². The molecule has 1 fully saturated rings. The minimum atomic E-state index is 0.134. The molecule has 0 spiro atoms. The molecule has 1 saturated heterocycles. The molecule has 1 amide bonds. The summed E-state index contributed by atoms with van der Waals surface area (Å²) in [7, 11) is 0. The van der Waals surface area contributed by atoms with E-state index in [1.807, 2.05) is 17.0 Å². The predicted molar refractivity (Wildman–Crippen MR) is 90.1 cm³/mol. The van der Waals surface area contributed by atoms with Gasteiger partial charge in [0.25, 0.3) is 0 Å². The average molecular weight is 332 g/mol. The molecule has 0 atom stereocenters. The lowest BCUT2D eigenvalue weighted by molar-refractivity contribution is -0.135. The number of aryl methyl sites for hydroxylation is 1. The van der Waals surface area contributed by atoms with Crippen molar-refractivity contribution in [3.05, 3.63) is 18.0 Å². The van der Waals surface area contributed by atoms with E-state index in [0.29, 0.717) is 44.8 Å². The fourth-order valence-corrected chi connectivity index (χ4v) is 2.89. The van der Waals surface area contributed by atoms with Crippen LogP contribution in [0.25, 0.3) is 5.65 Å². The number of nitrogens with zero attached hydrogens (tertiary/aromatic N) is 6. The van der Waals surface area contributed by atoms with Gasteiger partial charge in [-0.15, -0.1) is 15.3 Å². The van der Waals surface area contributed by atoms with Crippen molar-refractivity contribution in [2.24, 2.45) is 0 Å². The van der Waals surface area contributed by atoms with Crippen LogP contribution in [-0.4, -0.2) is 70.0 Å². The molecule has 130 valence electrons. The Morgan fingerprint density at radius 1 is 1.21 bits per heavy atom. The molecule has 0 aliphatic carbocycles. The van der Waals surface area contributed by atoms with Gasteiger partial charge in [0.15, 0.2) is 11.5 Å². The highest BCUT2D eigenvalue weighted by Crippen LogP contribution is 2.13. The third kappa shape index (κ3) is 3.48. The second kappa shape index (κ2) is 7.57. The summed E-state index contributed by atoms with van der Waals surface area (Å²) < 4.78 is 7.03. The normalized spacial score (nSPS) is 15.0. The molecule has 8 heteroatoms. The Morgan fingerprint density at radius 3 is 2.67 bits per heavy atom. The summed E-state index contributed by atoms with van der Waals surface area (Å²) in [5.74, 6) is 1.75. The number of carbonyl (C=O) groups is 1. The summed E-state index contributed by atoms with van der Waals surface area (Å²) in [5, 5.41) is 13.0. The van der Waals surface area contributed by atoms with Crippen molar-refractivity contribution in [1.29, 1.82) is 0 Å². The van der Waals surface area contributed by atoms with E-state index in [9.17, 15) is 4.79 Å². The Balaban J connectivity index is 1.72. The topological polar surface area (TPSA) is 75.9 Å². The van der Waals surface area contributed by atoms with E-state index in [2.05, 4.69) is 34.0 Å². The standard InChI is InChI=1S/C16H24N6O2/c1-3-20(4-2)15-6-5-13-17-18-14(22(13)19-15)7-8-16(23)21-9-11-24-12-10-21/h5-6H,3-4,7-12H2,1-2H3. The van der Waals surface area contributed by atoms with E-state index in [0.717, 1.165) is 24.7 Å². The lowest BCUT2D eigenvalue weighted by Crippen LogP contribution is -2.40. The number of ether oxygens (including phenoxy) is 1. The molecule has 1 aliphatic heterocycles. The zero-order valence-corrected chi connectivity index (χ0v) is 14.3. The van der Waals surface area contributed by atoms with Gasteiger partial charge in [-0.1, -0.05) is 0 Å². The van der Waals surface area contributed by atoms with Gasteiger partial charge in [0.05, 0.1) is 13.2 Å². The first-order valence-electron chi connectivity index (χ1n) is 8.54. The van der Waals surface area contributed by atoms with Crippen LogP contribution in [0.4, 0.5) is 5.82 Å². The number of amides is 1. The molecule has 1 aliphatic rings. The highest BCUT2D eigenvalue weighted by molar-refractivity contribution is 5.76. The molecule has 2 aromatic heterocycles. The number of anilines is 1. The zero-order chi connectivity index (χ0) is 16.9. The summed E-state index contributed by atoms with van der Waals surface area (Å²) >= 11 is 0. The molecule has 24 heavy (non-hydrogen) atoms. The van der Waals surface area contributed by atoms with Crippen molar-refractivity contribution < 1.29 is 9.53 Å². The minimum Gasteiger partial charge on any atom is -0.378 e. The van der Waals surface area contributed by atoms with Gasteiger partial charge in [0, 0.05) is 39.0 Å². The van der Waals surface area contributed by atoms with Crippen LogP contribution in [-0.2, 0) is 16.0 Å². The van der Waals surface area contributed by atoms with Crippen molar-refractivity contribution in [2.75, 3.05) is 44.3 Å². The van der Waals surface area contributed by atoms with E-state index in [4.69, 9.17) is 4.74 Å². The van der Waals surface area contributed by atoms with Crippen LogP contribution in [0.5, 0.6) is 0 Å². The van der Waals surface area contributed by atoms with Gasteiger partial charge in [-0.2, -0.15) is 4.52 Å². The molecule has 0 unspecified atom stereocenters. The van der Waals surface area contributed by atoms with Crippen molar-refractivity contribution in [3.8, 4) is 0 Å². The largest absolute Gasteiger partial charge is 0.378 e. The van der Waals surface area contributed by atoms with Gasteiger partial charge in [-0.25, -0.2) is 0 Å². The Bertz CT molecular complexity index is 691. The molecule has 0 radical (unpaired) electrons. The van der Waals surface area contributed by atoms with Crippen LogP contribution in [0.2, 0.25) is 0 Å². The Morgan fingerprint density at radius 2 is 1.96 bits per heavy atom. The third-order valence-corrected chi connectivity index (χ3v) is 4.33. The van der Waals surface area contributed by atoms with Gasteiger partial charge >= 0.3 is 0 Å². The second-order valence-electron chi connectivity index (χ2n) is 5.74. The molecular formula is C16H24N6O2. The van der Waals surface area contributed by atoms with Crippen LogP contribution < -0.4 is 4.90 Å². The third-order valence-electron chi connectivity index (χ3n) is 4.33.